The van der Waals surface area contributed by atoms with Crippen molar-refractivity contribution in [3.8, 4) is 11.5 Å². The Hall–Kier alpha value is -2.73. The lowest BCUT2D eigenvalue weighted by Crippen LogP contribution is -2.45. The van der Waals surface area contributed by atoms with Gasteiger partial charge in [-0.2, -0.15) is 0 Å². The van der Waals surface area contributed by atoms with Crippen molar-refractivity contribution in [2.45, 2.75) is 25.6 Å². The average Bonchev–Trinajstić information content (AvgIpc) is 2.70. The molecule has 1 heterocycles. The Morgan fingerprint density at radius 3 is 2.63 bits per heavy atom. The number of benzene rings is 2. The van der Waals surface area contributed by atoms with Crippen molar-refractivity contribution in [3.05, 3.63) is 60.2 Å². The summed E-state index contributed by atoms with van der Waals surface area (Å²) in [7, 11) is 0. The minimum atomic E-state index is -0.524. The fourth-order valence-corrected chi connectivity index (χ4v) is 2.86. The molecule has 0 amide bonds. The van der Waals surface area contributed by atoms with Crippen molar-refractivity contribution >= 4 is 5.96 Å². The summed E-state index contributed by atoms with van der Waals surface area (Å²) in [6.07, 6.45) is -0.0397. The highest BCUT2D eigenvalue weighted by Crippen LogP contribution is 2.30. The highest BCUT2D eigenvalue weighted by Gasteiger charge is 2.20. The molecule has 27 heavy (non-hydrogen) atoms. The highest BCUT2D eigenvalue weighted by atomic mass is 16.6. The summed E-state index contributed by atoms with van der Waals surface area (Å²) in [4.78, 5) is 4.49. The van der Waals surface area contributed by atoms with Gasteiger partial charge in [-0.05, 0) is 24.6 Å². The van der Waals surface area contributed by atoms with Crippen LogP contribution >= 0.6 is 0 Å². The molecule has 0 fully saturated rings. The summed E-state index contributed by atoms with van der Waals surface area (Å²) in [6, 6.07) is 17.6. The molecule has 0 bridgehead atoms. The Morgan fingerprint density at radius 2 is 1.85 bits per heavy atom. The molecule has 0 radical (unpaired) electrons. The predicted octanol–water partition coefficient (Wildman–Crippen LogP) is 1.99. The average molecular weight is 369 g/mol. The molecule has 6 heteroatoms. The van der Waals surface area contributed by atoms with E-state index in [1.807, 2.05) is 61.5 Å². The van der Waals surface area contributed by atoms with Crippen LogP contribution in [-0.4, -0.2) is 49.5 Å². The third kappa shape index (κ3) is 5.89. The lowest BCUT2D eigenvalue weighted by molar-refractivity contribution is 0.0936. The minimum absolute atomic E-state index is 0.0991. The molecule has 0 spiro atoms. The molecule has 6 nitrogen and oxygen atoms in total. The molecule has 0 aromatic heterocycles. The van der Waals surface area contributed by atoms with E-state index < -0.39 is 6.10 Å². The van der Waals surface area contributed by atoms with E-state index >= 15 is 0 Å². The van der Waals surface area contributed by atoms with Crippen LogP contribution in [0.25, 0.3) is 0 Å². The zero-order valence-corrected chi connectivity index (χ0v) is 15.6. The van der Waals surface area contributed by atoms with Crippen molar-refractivity contribution < 1.29 is 14.6 Å². The van der Waals surface area contributed by atoms with Crippen LogP contribution in [0.3, 0.4) is 0 Å². The van der Waals surface area contributed by atoms with Gasteiger partial charge < -0.3 is 25.2 Å². The molecule has 0 saturated carbocycles. The van der Waals surface area contributed by atoms with Gasteiger partial charge in [-0.1, -0.05) is 42.5 Å². The monoisotopic (exact) mass is 369 g/mol. The second kappa shape index (κ2) is 9.83. The summed E-state index contributed by atoms with van der Waals surface area (Å²) in [5.74, 6) is 2.20. The zero-order valence-electron chi connectivity index (χ0n) is 15.6. The normalized spacial score (nSPS) is 17.3. The van der Waals surface area contributed by atoms with E-state index in [1.54, 1.807) is 0 Å². The standard InChI is InChI=1S/C21H27N3O3/c1-2-22-21(23-13-17(25)12-16-8-4-3-5-9-16)24-14-18-15-26-19-10-6-7-11-20(19)27-18/h3-11,17-18,25H,2,12-15H2,1H3,(H2,22,23,24). The van der Waals surface area contributed by atoms with E-state index in [2.05, 4.69) is 15.6 Å². The Labute approximate surface area is 160 Å². The molecule has 2 aromatic carbocycles. The summed E-state index contributed by atoms with van der Waals surface area (Å²) in [5, 5.41) is 16.7. The van der Waals surface area contributed by atoms with Gasteiger partial charge in [0.15, 0.2) is 17.5 Å². The van der Waals surface area contributed by atoms with Gasteiger partial charge in [-0.25, -0.2) is 0 Å². The largest absolute Gasteiger partial charge is 0.486 e. The van der Waals surface area contributed by atoms with Crippen LogP contribution in [0.15, 0.2) is 59.6 Å². The molecule has 2 aromatic rings. The first-order chi connectivity index (χ1) is 13.2. The molecule has 3 N–H and O–H groups in total. The third-order valence-corrected chi connectivity index (χ3v) is 4.18. The predicted molar refractivity (Wildman–Crippen MR) is 106 cm³/mol. The first kappa shape index (κ1) is 19.0. The lowest BCUT2D eigenvalue weighted by Gasteiger charge is -2.27. The van der Waals surface area contributed by atoms with E-state index in [9.17, 15) is 5.11 Å². The maximum Gasteiger partial charge on any atom is 0.191 e. The Morgan fingerprint density at radius 1 is 1.11 bits per heavy atom. The van der Waals surface area contributed by atoms with Gasteiger partial charge in [-0.15, -0.1) is 0 Å². The molecular formula is C21H27N3O3. The molecule has 2 atom stereocenters. The third-order valence-electron chi connectivity index (χ3n) is 4.18. The second-order valence-corrected chi connectivity index (χ2v) is 6.44. The van der Waals surface area contributed by atoms with E-state index in [0.717, 1.165) is 23.6 Å². The summed E-state index contributed by atoms with van der Waals surface area (Å²) in [5.41, 5.74) is 1.10. The number of aliphatic imine (C=N–C) groups is 1. The maximum atomic E-state index is 10.2. The van der Waals surface area contributed by atoms with E-state index in [0.29, 0.717) is 32.1 Å². The SMILES string of the molecule is CCNC(=NCC(O)Cc1ccccc1)NCC1COc2ccccc2O1. The van der Waals surface area contributed by atoms with Gasteiger partial charge >= 0.3 is 0 Å². The number of fused-ring (bicyclic) bond motifs is 1. The van der Waals surface area contributed by atoms with Crippen LogP contribution in [0.5, 0.6) is 11.5 Å². The Kier molecular flexibility index (Phi) is 6.93. The lowest BCUT2D eigenvalue weighted by atomic mass is 10.1. The van der Waals surface area contributed by atoms with Crippen LogP contribution < -0.4 is 20.1 Å². The van der Waals surface area contributed by atoms with Crippen molar-refractivity contribution in [2.24, 2.45) is 4.99 Å². The number of rotatable bonds is 7. The highest BCUT2D eigenvalue weighted by molar-refractivity contribution is 5.79. The minimum Gasteiger partial charge on any atom is -0.486 e. The van der Waals surface area contributed by atoms with Gasteiger partial charge in [0.05, 0.1) is 19.2 Å². The number of nitrogens with one attached hydrogen (secondary N) is 2. The number of hydrogen-bond donors (Lipinski definition) is 3. The van der Waals surface area contributed by atoms with E-state index in [4.69, 9.17) is 9.47 Å². The summed E-state index contributed by atoms with van der Waals surface area (Å²) >= 11 is 0. The van der Waals surface area contributed by atoms with Crippen LogP contribution in [0.2, 0.25) is 0 Å². The maximum absolute atomic E-state index is 10.2. The topological polar surface area (TPSA) is 75.1 Å². The van der Waals surface area contributed by atoms with Crippen molar-refractivity contribution in [1.29, 1.82) is 0 Å². The van der Waals surface area contributed by atoms with Crippen LogP contribution in [-0.2, 0) is 6.42 Å². The first-order valence-electron chi connectivity index (χ1n) is 9.37. The second-order valence-electron chi connectivity index (χ2n) is 6.44. The molecular weight excluding hydrogens is 342 g/mol. The molecule has 1 aliphatic rings. The van der Waals surface area contributed by atoms with Gasteiger partial charge in [0.1, 0.15) is 12.7 Å². The number of aliphatic hydroxyl groups is 1. The van der Waals surface area contributed by atoms with Gasteiger partial charge in [0.2, 0.25) is 0 Å². The number of nitrogens with zero attached hydrogens (tertiary/aromatic N) is 1. The number of guanidine groups is 1. The van der Waals surface area contributed by atoms with Crippen molar-refractivity contribution in [2.75, 3.05) is 26.2 Å². The molecule has 3 rings (SSSR count). The molecule has 0 saturated heterocycles. The van der Waals surface area contributed by atoms with E-state index in [-0.39, 0.29) is 6.10 Å². The molecule has 144 valence electrons. The number of ether oxygens (including phenoxy) is 2. The number of hydrogen-bond acceptors (Lipinski definition) is 4. The smallest absolute Gasteiger partial charge is 0.191 e. The van der Waals surface area contributed by atoms with Crippen LogP contribution in [0, 0.1) is 0 Å². The molecule has 0 aliphatic carbocycles. The summed E-state index contributed by atoms with van der Waals surface area (Å²) in [6.45, 7) is 4.13. The first-order valence-corrected chi connectivity index (χ1v) is 9.37. The molecule has 2 unspecified atom stereocenters. The van der Waals surface area contributed by atoms with Gasteiger partial charge in [0, 0.05) is 13.0 Å². The van der Waals surface area contributed by atoms with E-state index in [1.165, 1.54) is 0 Å². The fraction of sp³-hybridized carbons (Fsp3) is 0.381. The van der Waals surface area contributed by atoms with Crippen LogP contribution in [0.1, 0.15) is 12.5 Å². The summed E-state index contributed by atoms with van der Waals surface area (Å²) < 4.78 is 11.7. The number of para-hydroxylation sites is 2. The Balaban J connectivity index is 1.49. The Bertz CT molecular complexity index is 736. The van der Waals surface area contributed by atoms with Crippen molar-refractivity contribution in [3.63, 3.8) is 0 Å². The fourth-order valence-electron chi connectivity index (χ4n) is 2.86. The van der Waals surface area contributed by atoms with Crippen LogP contribution in [0.4, 0.5) is 0 Å². The number of aliphatic hydroxyl groups excluding tert-OH is 1. The molecule has 1 aliphatic heterocycles. The van der Waals surface area contributed by atoms with Gasteiger partial charge in [0.25, 0.3) is 0 Å². The quantitative estimate of drug-likeness (QED) is 0.514. The zero-order chi connectivity index (χ0) is 18.9. The van der Waals surface area contributed by atoms with Crippen molar-refractivity contribution in [1.82, 2.24) is 10.6 Å². The van der Waals surface area contributed by atoms with Gasteiger partial charge in [-0.3, -0.25) is 4.99 Å².